The van der Waals surface area contributed by atoms with Gasteiger partial charge >= 0.3 is 0 Å². The molecule has 0 fully saturated rings. The smallest absolute Gasteiger partial charge is 0.168 e. The van der Waals surface area contributed by atoms with Crippen LogP contribution in [0.5, 0.6) is 0 Å². The van der Waals surface area contributed by atoms with E-state index in [0.29, 0.717) is 0 Å². The minimum atomic E-state index is 0.960. The fraction of sp³-hybridized carbons (Fsp3) is 0.250. The fourth-order valence-electron chi connectivity index (χ4n) is 2.52. The molecule has 3 heteroatoms. The summed E-state index contributed by atoms with van der Waals surface area (Å²) in [5, 5.41) is 1.22. The lowest BCUT2D eigenvalue weighted by molar-refractivity contribution is 0.649. The normalized spacial score (nSPS) is 21.6. The van der Waals surface area contributed by atoms with E-state index in [-0.39, 0.29) is 0 Å². The van der Waals surface area contributed by atoms with Gasteiger partial charge in [0.15, 0.2) is 5.17 Å². The van der Waals surface area contributed by atoms with Gasteiger partial charge < -0.3 is 4.90 Å². The van der Waals surface area contributed by atoms with Crippen LogP contribution >= 0.6 is 11.8 Å². The molecular weight excluding hydrogens is 204 g/mol. The highest BCUT2D eigenvalue weighted by Gasteiger charge is 2.37. The van der Waals surface area contributed by atoms with Crippen molar-refractivity contribution in [3.8, 4) is 0 Å². The zero-order valence-corrected chi connectivity index (χ0v) is 9.05. The summed E-state index contributed by atoms with van der Waals surface area (Å²) in [6.07, 6.45) is 1.10. The minimum absolute atomic E-state index is 0.960. The molecule has 0 radical (unpaired) electrons. The largest absolute Gasteiger partial charge is 0.318 e. The molecule has 2 aliphatic heterocycles. The summed E-state index contributed by atoms with van der Waals surface area (Å²) in [4.78, 5) is 8.39. The Bertz CT molecular complexity index is 516. The van der Waals surface area contributed by atoms with Crippen LogP contribution in [0.4, 0.5) is 0 Å². The van der Waals surface area contributed by atoms with Crippen LogP contribution in [0.3, 0.4) is 0 Å². The van der Waals surface area contributed by atoms with E-state index in [0.717, 1.165) is 19.5 Å². The third-order valence-corrected chi connectivity index (χ3v) is 4.29. The van der Waals surface area contributed by atoms with Crippen LogP contribution in [0, 0.1) is 0 Å². The second-order valence-electron chi connectivity index (χ2n) is 4.02. The summed E-state index contributed by atoms with van der Waals surface area (Å²) < 4.78 is 0. The molecule has 0 N–H and O–H groups in total. The van der Waals surface area contributed by atoms with Gasteiger partial charge in [0.2, 0.25) is 0 Å². The summed E-state index contributed by atoms with van der Waals surface area (Å²) >= 11 is 1.86. The summed E-state index contributed by atoms with van der Waals surface area (Å²) in [5.74, 6) is 0. The molecule has 0 atom stereocenters. The predicted octanol–water partition coefficient (Wildman–Crippen LogP) is 2.33. The number of hydrogen-bond donors (Lipinski definition) is 0. The number of aliphatic imine (C=N–C) groups is 1. The standard InChI is InChI=1S/C12H10N2S/c1-2-4-9-8(3-1)7-10-11(9)14-6-5-13-12(14)15-10/h1-4H,5-7H2. The quantitative estimate of drug-likeness (QED) is 0.658. The molecule has 2 heterocycles. The van der Waals surface area contributed by atoms with E-state index in [1.165, 1.54) is 26.9 Å². The number of amidine groups is 1. The first-order chi connectivity index (χ1) is 7.43. The lowest BCUT2D eigenvalue weighted by Crippen LogP contribution is -2.19. The fourth-order valence-corrected chi connectivity index (χ4v) is 3.74. The van der Waals surface area contributed by atoms with Crippen LogP contribution < -0.4 is 0 Å². The van der Waals surface area contributed by atoms with Gasteiger partial charge in [-0.05, 0) is 5.56 Å². The van der Waals surface area contributed by atoms with E-state index in [9.17, 15) is 0 Å². The van der Waals surface area contributed by atoms with Gasteiger partial charge in [-0.25, -0.2) is 0 Å². The number of thioether (sulfide) groups is 1. The Morgan fingerprint density at radius 2 is 2.20 bits per heavy atom. The van der Waals surface area contributed by atoms with Crippen molar-refractivity contribution in [2.24, 2.45) is 4.99 Å². The first kappa shape index (κ1) is 7.99. The van der Waals surface area contributed by atoms with Crippen molar-refractivity contribution < 1.29 is 0 Å². The third kappa shape index (κ3) is 0.939. The number of rotatable bonds is 0. The highest BCUT2D eigenvalue weighted by Crippen LogP contribution is 2.48. The summed E-state index contributed by atoms with van der Waals surface area (Å²) in [7, 11) is 0. The zero-order valence-electron chi connectivity index (χ0n) is 8.23. The lowest BCUT2D eigenvalue weighted by atomic mass is 10.1. The minimum Gasteiger partial charge on any atom is -0.318 e. The van der Waals surface area contributed by atoms with Crippen molar-refractivity contribution in [1.82, 2.24) is 4.90 Å². The van der Waals surface area contributed by atoms with E-state index in [1.807, 2.05) is 11.8 Å². The average molecular weight is 214 g/mol. The van der Waals surface area contributed by atoms with Gasteiger partial charge in [-0.15, -0.1) is 0 Å². The van der Waals surface area contributed by atoms with E-state index >= 15 is 0 Å². The molecule has 3 aliphatic rings. The molecule has 2 nitrogen and oxygen atoms in total. The molecule has 1 aromatic rings. The maximum Gasteiger partial charge on any atom is 0.168 e. The van der Waals surface area contributed by atoms with Gasteiger partial charge in [0.25, 0.3) is 0 Å². The van der Waals surface area contributed by atoms with Crippen LogP contribution in [-0.4, -0.2) is 23.2 Å². The molecule has 0 saturated heterocycles. The first-order valence-corrected chi connectivity index (χ1v) is 6.06. The van der Waals surface area contributed by atoms with Crippen molar-refractivity contribution in [3.63, 3.8) is 0 Å². The van der Waals surface area contributed by atoms with E-state index in [1.54, 1.807) is 0 Å². The molecule has 0 amide bonds. The molecule has 0 unspecified atom stereocenters. The van der Waals surface area contributed by atoms with Gasteiger partial charge in [0.1, 0.15) is 0 Å². The summed E-state index contributed by atoms with van der Waals surface area (Å²) in [6.45, 7) is 2.02. The van der Waals surface area contributed by atoms with E-state index in [4.69, 9.17) is 0 Å². The van der Waals surface area contributed by atoms with Crippen molar-refractivity contribution >= 4 is 22.6 Å². The monoisotopic (exact) mass is 214 g/mol. The van der Waals surface area contributed by atoms with Crippen molar-refractivity contribution in [3.05, 3.63) is 40.3 Å². The number of fused-ring (bicyclic) bond motifs is 4. The Balaban J connectivity index is 1.90. The van der Waals surface area contributed by atoms with Crippen LogP contribution in [0.15, 0.2) is 34.2 Å². The second-order valence-corrected chi connectivity index (χ2v) is 5.09. The van der Waals surface area contributed by atoms with Gasteiger partial charge in [0.05, 0.1) is 12.2 Å². The molecule has 4 rings (SSSR count). The molecule has 0 aromatic heterocycles. The Morgan fingerprint density at radius 3 is 3.20 bits per heavy atom. The molecule has 74 valence electrons. The molecule has 15 heavy (non-hydrogen) atoms. The summed E-state index contributed by atoms with van der Waals surface area (Å²) in [6, 6.07) is 8.73. The first-order valence-electron chi connectivity index (χ1n) is 5.25. The number of benzene rings is 1. The van der Waals surface area contributed by atoms with Crippen LogP contribution in [0.2, 0.25) is 0 Å². The van der Waals surface area contributed by atoms with Gasteiger partial charge in [-0.3, -0.25) is 4.99 Å². The molecule has 0 spiro atoms. The van der Waals surface area contributed by atoms with Crippen molar-refractivity contribution in [2.45, 2.75) is 6.42 Å². The maximum atomic E-state index is 4.52. The molecule has 1 aromatic carbocycles. The third-order valence-electron chi connectivity index (χ3n) is 3.17. The van der Waals surface area contributed by atoms with Crippen LogP contribution in [-0.2, 0) is 6.42 Å². The highest BCUT2D eigenvalue weighted by molar-refractivity contribution is 8.17. The van der Waals surface area contributed by atoms with Gasteiger partial charge in [-0.1, -0.05) is 36.0 Å². The Labute approximate surface area is 92.7 Å². The van der Waals surface area contributed by atoms with Crippen LogP contribution in [0.25, 0.3) is 5.70 Å². The Morgan fingerprint density at radius 1 is 1.27 bits per heavy atom. The van der Waals surface area contributed by atoms with E-state index < -0.39 is 0 Å². The highest BCUT2D eigenvalue weighted by atomic mass is 32.2. The average Bonchev–Trinajstić information content (AvgIpc) is 2.85. The Hall–Kier alpha value is -1.22. The number of nitrogens with zero attached hydrogens (tertiary/aromatic N) is 2. The summed E-state index contributed by atoms with van der Waals surface area (Å²) in [5.41, 5.74) is 4.33. The van der Waals surface area contributed by atoms with Crippen molar-refractivity contribution in [2.75, 3.05) is 13.1 Å². The SMILES string of the molecule is c1ccc2c(c1)CC1=C2N2CCN=C2S1. The molecular formula is C12H10N2S. The Kier molecular flexibility index (Phi) is 1.42. The maximum absolute atomic E-state index is 4.52. The molecule has 1 aliphatic carbocycles. The predicted molar refractivity (Wildman–Crippen MR) is 63.7 cm³/mol. The zero-order chi connectivity index (χ0) is 9.83. The number of allylic oxidation sites excluding steroid dienone is 1. The van der Waals surface area contributed by atoms with E-state index in [2.05, 4.69) is 34.2 Å². The number of hydrogen-bond acceptors (Lipinski definition) is 3. The topological polar surface area (TPSA) is 15.6 Å². The molecule has 0 saturated carbocycles. The van der Waals surface area contributed by atoms with Gasteiger partial charge in [0, 0.05) is 23.4 Å². The molecule has 0 bridgehead atoms. The van der Waals surface area contributed by atoms with Gasteiger partial charge in [-0.2, -0.15) is 0 Å². The second kappa shape index (κ2) is 2.67. The van der Waals surface area contributed by atoms with Crippen LogP contribution in [0.1, 0.15) is 11.1 Å². The van der Waals surface area contributed by atoms with Crippen molar-refractivity contribution in [1.29, 1.82) is 0 Å². The lowest BCUT2D eigenvalue weighted by Gasteiger charge is -2.16.